The lowest BCUT2D eigenvalue weighted by Crippen LogP contribution is -2.26. The van der Waals surface area contributed by atoms with E-state index in [2.05, 4.69) is 16.4 Å². The van der Waals surface area contributed by atoms with Gasteiger partial charge in [0, 0.05) is 47.5 Å². The molecule has 5 heteroatoms. The van der Waals surface area contributed by atoms with Crippen molar-refractivity contribution >= 4 is 11.6 Å². The van der Waals surface area contributed by atoms with Gasteiger partial charge in [0.25, 0.3) is 5.56 Å². The highest BCUT2D eigenvalue weighted by Gasteiger charge is 2.38. The Kier molecular flexibility index (Phi) is 4.18. The number of rotatable bonds is 3. The van der Waals surface area contributed by atoms with Crippen molar-refractivity contribution < 1.29 is 4.79 Å². The van der Waals surface area contributed by atoms with Crippen LogP contribution in [0.25, 0.3) is 22.3 Å². The van der Waals surface area contributed by atoms with E-state index in [9.17, 15) is 9.59 Å². The molecule has 4 rings (SSSR count). The molecule has 1 aliphatic heterocycles. The Morgan fingerprint density at radius 2 is 1.61 bits per heavy atom. The fraction of sp³-hybridized carbons (Fsp3) is 0.261. The lowest BCUT2D eigenvalue weighted by atomic mass is 9.85. The van der Waals surface area contributed by atoms with Gasteiger partial charge in [0.2, 0.25) is 5.91 Å². The van der Waals surface area contributed by atoms with Crippen LogP contribution in [0.2, 0.25) is 0 Å². The lowest BCUT2D eigenvalue weighted by Gasteiger charge is -2.15. The van der Waals surface area contributed by atoms with E-state index in [-0.39, 0.29) is 17.5 Å². The van der Waals surface area contributed by atoms with Gasteiger partial charge in [-0.15, -0.1) is 0 Å². The second-order valence-electron chi connectivity index (χ2n) is 8.06. The molecule has 3 aromatic rings. The van der Waals surface area contributed by atoms with Crippen molar-refractivity contribution in [2.45, 2.75) is 39.2 Å². The van der Waals surface area contributed by atoms with Crippen LogP contribution in [0.5, 0.6) is 0 Å². The molecular formula is C23H23N3O2. The Morgan fingerprint density at radius 3 is 2.32 bits per heavy atom. The number of amides is 1. The van der Waals surface area contributed by atoms with Gasteiger partial charge in [-0.3, -0.25) is 14.6 Å². The first-order chi connectivity index (χ1) is 13.3. The Bertz CT molecular complexity index is 1140. The second-order valence-corrected chi connectivity index (χ2v) is 8.06. The van der Waals surface area contributed by atoms with E-state index in [0.29, 0.717) is 0 Å². The van der Waals surface area contributed by atoms with E-state index in [1.807, 2.05) is 64.4 Å². The second kappa shape index (κ2) is 6.44. The Labute approximate surface area is 164 Å². The summed E-state index contributed by atoms with van der Waals surface area (Å²) >= 11 is 0. The number of anilines is 1. The summed E-state index contributed by atoms with van der Waals surface area (Å²) in [7, 11) is 0. The number of carbonyl (C=O) groups excluding carboxylic acids is 1. The van der Waals surface area contributed by atoms with Crippen LogP contribution in [-0.4, -0.2) is 15.5 Å². The molecule has 1 aromatic carbocycles. The molecule has 0 unspecified atom stereocenters. The van der Waals surface area contributed by atoms with Crippen LogP contribution in [0.15, 0.2) is 59.8 Å². The number of hydrogen-bond acceptors (Lipinski definition) is 3. The predicted molar refractivity (Wildman–Crippen MR) is 111 cm³/mol. The van der Waals surface area contributed by atoms with Crippen LogP contribution in [-0.2, 0) is 10.2 Å². The molecule has 5 nitrogen and oxygen atoms in total. The summed E-state index contributed by atoms with van der Waals surface area (Å²) in [6, 6.07) is 11.6. The molecule has 1 aliphatic rings. The maximum absolute atomic E-state index is 12.2. The number of nitrogens with one attached hydrogen (secondary N) is 1. The van der Waals surface area contributed by atoms with E-state index in [4.69, 9.17) is 0 Å². The third kappa shape index (κ3) is 2.93. The van der Waals surface area contributed by atoms with Crippen LogP contribution in [0.1, 0.15) is 39.3 Å². The minimum Gasteiger partial charge on any atom is -0.325 e. The highest BCUT2D eigenvalue weighted by atomic mass is 16.2. The molecule has 1 amide bonds. The van der Waals surface area contributed by atoms with E-state index in [1.54, 1.807) is 16.8 Å². The first-order valence-corrected chi connectivity index (χ1v) is 9.41. The molecule has 2 aromatic heterocycles. The van der Waals surface area contributed by atoms with Crippen molar-refractivity contribution in [1.82, 2.24) is 9.55 Å². The molecule has 0 spiro atoms. The Balaban J connectivity index is 1.75. The normalized spacial score (nSPS) is 14.8. The maximum atomic E-state index is 12.2. The third-order valence-electron chi connectivity index (χ3n) is 5.41. The zero-order chi connectivity index (χ0) is 20.1. The zero-order valence-electron chi connectivity index (χ0n) is 16.5. The van der Waals surface area contributed by atoms with Crippen molar-refractivity contribution in [3.05, 3.63) is 70.9 Å². The van der Waals surface area contributed by atoms with Crippen LogP contribution in [0.3, 0.4) is 0 Å². The quantitative estimate of drug-likeness (QED) is 0.741. The van der Waals surface area contributed by atoms with E-state index in [0.717, 1.165) is 33.5 Å². The summed E-state index contributed by atoms with van der Waals surface area (Å²) in [6.07, 6.45) is 5.48. The van der Waals surface area contributed by atoms with Gasteiger partial charge < -0.3 is 9.88 Å². The average molecular weight is 373 g/mol. The van der Waals surface area contributed by atoms with Gasteiger partial charge in [0.1, 0.15) is 0 Å². The number of benzene rings is 1. The summed E-state index contributed by atoms with van der Waals surface area (Å²) in [6.45, 7) is 7.83. The van der Waals surface area contributed by atoms with Crippen LogP contribution < -0.4 is 10.9 Å². The first kappa shape index (κ1) is 18.2. The van der Waals surface area contributed by atoms with E-state index >= 15 is 0 Å². The van der Waals surface area contributed by atoms with Crippen molar-refractivity contribution in [3.63, 3.8) is 0 Å². The highest BCUT2D eigenvalue weighted by molar-refractivity contribution is 6.06. The molecule has 0 aliphatic carbocycles. The Hall–Kier alpha value is -3.21. The summed E-state index contributed by atoms with van der Waals surface area (Å²) in [5.74, 6) is 0.0162. The predicted octanol–water partition coefficient (Wildman–Crippen LogP) is 4.39. The van der Waals surface area contributed by atoms with Gasteiger partial charge in [-0.2, -0.15) is 0 Å². The summed E-state index contributed by atoms with van der Waals surface area (Å²) in [4.78, 5) is 28.6. The van der Waals surface area contributed by atoms with Crippen molar-refractivity contribution in [2.75, 3.05) is 5.32 Å². The van der Waals surface area contributed by atoms with Gasteiger partial charge in [0.15, 0.2) is 0 Å². The Morgan fingerprint density at radius 1 is 0.929 bits per heavy atom. The standard InChI is InChI=1S/C23H23N3O2/c1-14(2)26-13-16(6-8-21(26)27)18-9-17(11-24-12-18)15-5-7-19-20(10-15)25-22(28)23(19,3)4/h5-14H,1-4H3,(H,25,28). The number of carbonyl (C=O) groups is 1. The largest absolute Gasteiger partial charge is 0.325 e. The molecule has 0 fully saturated rings. The number of nitrogens with zero attached hydrogens (tertiary/aromatic N) is 2. The molecule has 0 atom stereocenters. The summed E-state index contributed by atoms with van der Waals surface area (Å²) < 4.78 is 1.72. The van der Waals surface area contributed by atoms with E-state index < -0.39 is 5.41 Å². The summed E-state index contributed by atoms with van der Waals surface area (Å²) in [5, 5.41) is 2.97. The fourth-order valence-corrected chi connectivity index (χ4v) is 3.61. The topological polar surface area (TPSA) is 64.0 Å². The monoisotopic (exact) mass is 373 g/mol. The van der Waals surface area contributed by atoms with Crippen molar-refractivity contribution in [1.29, 1.82) is 0 Å². The van der Waals surface area contributed by atoms with Crippen LogP contribution in [0.4, 0.5) is 5.69 Å². The van der Waals surface area contributed by atoms with E-state index in [1.165, 1.54) is 0 Å². The maximum Gasteiger partial charge on any atom is 0.250 e. The molecular weight excluding hydrogens is 350 g/mol. The zero-order valence-corrected chi connectivity index (χ0v) is 16.5. The molecule has 0 bridgehead atoms. The fourth-order valence-electron chi connectivity index (χ4n) is 3.61. The number of pyridine rings is 2. The lowest BCUT2D eigenvalue weighted by molar-refractivity contribution is -0.119. The minimum absolute atomic E-state index is 0.0140. The molecule has 28 heavy (non-hydrogen) atoms. The van der Waals surface area contributed by atoms with Crippen LogP contribution in [0, 0.1) is 0 Å². The summed E-state index contributed by atoms with van der Waals surface area (Å²) in [5.41, 5.74) is 5.17. The molecule has 0 radical (unpaired) electrons. The van der Waals surface area contributed by atoms with Gasteiger partial charge in [-0.1, -0.05) is 12.1 Å². The number of hydrogen-bond donors (Lipinski definition) is 1. The molecule has 142 valence electrons. The smallest absolute Gasteiger partial charge is 0.250 e. The van der Waals surface area contributed by atoms with Gasteiger partial charge >= 0.3 is 0 Å². The van der Waals surface area contributed by atoms with Crippen LogP contribution >= 0.6 is 0 Å². The number of fused-ring (bicyclic) bond motifs is 1. The average Bonchev–Trinajstić information content (AvgIpc) is 2.90. The molecule has 1 N–H and O–H groups in total. The minimum atomic E-state index is -0.515. The van der Waals surface area contributed by atoms with Gasteiger partial charge in [-0.25, -0.2) is 0 Å². The third-order valence-corrected chi connectivity index (χ3v) is 5.41. The van der Waals surface area contributed by atoms with Crippen molar-refractivity contribution in [3.8, 4) is 22.3 Å². The molecule has 0 saturated carbocycles. The SMILES string of the molecule is CC(C)n1cc(-c2cncc(-c3ccc4c(c3)NC(=O)C4(C)C)c2)ccc1=O. The molecule has 0 saturated heterocycles. The first-order valence-electron chi connectivity index (χ1n) is 9.41. The van der Waals surface area contributed by atoms with Gasteiger partial charge in [-0.05, 0) is 62.6 Å². The molecule has 3 heterocycles. The van der Waals surface area contributed by atoms with Gasteiger partial charge in [0.05, 0.1) is 5.41 Å². The highest BCUT2D eigenvalue weighted by Crippen LogP contribution is 2.39. The number of aromatic nitrogens is 2. The van der Waals surface area contributed by atoms with Crippen molar-refractivity contribution in [2.24, 2.45) is 0 Å².